The molecule has 1 amide bonds. The number of hydrogen-bond acceptors (Lipinski definition) is 4. The zero-order valence-electron chi connectivity index (χ0n) is 17.2. The topological polar surface area (TPSA) is 58.1 Å². The lowest BCUT2D eigenvalue weighted by atomic mass is 9.96. The Balaban J connectivity index is 1.44. The van der Waals surface area contributed by atoms with Crippen LogP contribution in [0.3, 0.4) is 0 Å². The SMILES string of the molecule is Cc1cccc(NC(=O)C2CCCN(c3ccc(-c4ccc(F)cc4)nn3)C2)c1C. The van der Waals surface area contributed by atoms with Crippen LogP contribution in [-0.4, -0.2) is 29.2 Å². The molecule has 1 saturated heterocycles. The number of carbonyl (C=O) groups is 1. The van der Waals surface area contributed by atoms with Crippen molar-refractivity contribution in [3.63, 3.8) is 0 Å². The van der Waals surface area contributed by atoms with E-state index in [1.807, 2.05) is 44.2 Å². The van der Waals surface area contributed by atoms with E-state index in [1.54, 1.807) is 12.1 Å². The Kier molecular flexibility index (Phi) is 5.74. The molecule has 4 rings (SSSR count). The zero-order valence-corrected chi connectivity index (χ0v) is 17.2. The summed E-state index contributed by atoms with van der Waals surface area (Å²) in [5, 5.41) is 11.7. The lowest BCUT2D eigenvalue weighted by Crippen LogP contribution is -2.41. The van der Waals surface area contributed by atoms with E-state index >= 15 is 0 Å². The first kappa shape index (κ1) is 20.0. The Labute approximate surface area is 176 Å². The molecule has 1 N–H and O–H groups in total. The van der Waals surface area contributed by atoms with Gasteiger partial charge in [-0.1, -0.05) is 12.1 Å². The van der Waals surface area contributed by atoms with Gasteiger partial charge in [0, 0.05) is 24.3 Å². The molecule has 154 valence electrons. The number of aromatic nitrogens is 2. The van der Waals surface area contributed by atoms with Crippen molar-refractivity contribution in [1.29, 1.82) is 0 Å². The standard InChI is InChI=1S/C24H25FN4O/c1-16-5-3-7-21(17(16)2)26-24(30)19-6-4-14-29(15-19)23-13-12-22(27-28-23)18-8-10-20(25)11-9-18/h3,5,7-13,19H,4,6,14-15H2,1-2H3,(H,26,30). The maximum absolute atomic E-state index is 13.1. The molecule has 0 radical (unpaired) electrons. The van der Waals surface area contributed by atoms with Crippen molar-refractivity contribution in [3.8, 4) is 11.3 Å². The van der Waals surface area contributed by atoms with E-state index in [-0.39, 0.29) is 17.6 Å². The van der Waals surface area contributed by atoms with Gasteiger partial charge in [-0.05, 0) is 80.3 Å². The maximum atomic E-state index is 13.1. The van der Waals surface area contributed by atoms with Crippen molar-refractivity contribution in [2.75, 3.05) is 23.3 Å². The molecule has 2 heterocycles. The number of halogens is 1. The van der Waals surface area contributed by atoms with Crippen LogP contribution in [0.25, 0.3) is 11.3 Å². The number of amides is 1. The Morgan fingerprint density at radius 3 is 2.60 bits per heavy atom. The number of piperidine rings is 1. The Bertz CT molecular complexity index is 1030. The summed E-state index contributed by atoms with van der Waals surface area (Å²) in [5.41, 5.74) is 4.65. The molecule has 2 aromatic carbocycles. The first-order chi connectivity index (χ1) is 14.5. The first-order valence-corrected chi connectivity index (χ1v) is 10.2. The molecule has 1 aromatic heterocycles. The van der Waals surface area contributed by atoms with Crippen LogP contribution in [0.1, 0.15) is 24.0 Å². The van der Waals surface area contributed by atoms with Crippen LogP contribution in [0.5, 0.6) is 0 Å². The van der Waals surface area contributed by atoms with Crippen molar-refractivity contribution in [2.45, 2.75) is 26.7 Å². The molecular formula is C24H25FN4O. The molecule has 1 aliphatic heterocycles. The van der Waals surface area contributed by atoms with Gasteiger partial charge >= 0.3 is 0 Å². The second kappa shape index (κ2) is 8.61. The molecule has 3 aromatic rings. The molecular weight excluding hydrogens is 379 g/mol. The number of nitrogens with zero attached hydrogens (tertiary/aromatic N) is 3. The van der Waals surface area contributed by atoms with Gasteiger partial charge in [-0.25, -0.2) is 4.39 Å². The van der Waals surface area contributed by atoms with Gasteiger partial charge in [0.2, 0.25) is 5.91 Å². The van der Waals surface area contributed by atoms with E-state index in [0.29, 0.717) is 12.2 Å². The molecule has 1 fully saturated rings. The highest BCUT2D eigenvalue weighted by Crippen LogP contribution is 2.25. The highest BCUT2D eigenvalue weighted by Gasteiger charge is 2.27. The van der Waals surface area contributed by atoms with Crippen molar-refractivity contribution in [2.24, 2.45) is 5.92 Å². The van der Waals surface area contributed by atoms with E-state index in [9.17, 15) is 9.18 Å². The summed E-state index contributed by atoms with van der Waals surface area (Å²) in [5.74, 6) is 0.424. The summed E-state index contributed by atoms with van der Waals surface area (Å²) in [4.78, 5) is 15.0. The smallest absolute Gasteiger partial charge is 0.229 e. The van der Waals surface area contributed by atoms with Crippen LogP contribution in [0.4, 0.5) is 15.9 Å². The molecule has 1 aliphatic rings. The third-order valence-corrected chi connectivity index (χ3v) is 5.77. The number of nitrogens with one attached hydrogen (secondary N) is 1. The van der Waals surface area contributed by atoms with Gasteiger partial charge in [0.05, 0.1) is 11.6 Å². The highest BCUT2D eigenvalue weighted by molar-refractivity contribution is 5.93. The lowest BCUT2D eigenvalue weighted by Gasteiger charge is -2.32. The third kappa shape index (κ3) is 4.32. The van der Waals surface area contributed by atoms with Crippen molar-refractivity contribution >= 4 is 17.4 Å². The van der Waals surface area contributed by atoms with Crippen molar-refractivity contribution < 1.29 is 9.18 Å². The van der Waals surface area contributed by atoms with E-state index in [1.165, 1.54) is 12.1 Å². The zero-order chi connectivity index (χ0) is 21.1. The number of rotatable bonds is 4. The number of carbonyl (C=O) groups excluding carboxylic acids is 1. The molecule has 1 unspecified atom stereocenters. The second-order valence-corrected chi connectivity index (χ2v) is 7.81. The minimum absolute atomic E-state index is 0.0456. The van der Waals surface area contributed by atoms with Crippen molar-refractivity contribution in [1.82, 2.24) is 10.2 Å². The van der Waals surface area contributed by atoms with Gasteiger partial charge < -0.3 is 10.2 Å². The normalized spacial score (nSPS) is 16.4. The van der Waals surface area contributed by atoms with Gasteiger partial charge in [-0.15, -0.1) is 10.2 Å². The Morgan fingerprint density at radius 1 is 1.07 bits per heavy atom. The highest BCUT2D eigenvalue weighted by atomic mass is 19.1. The summed E-state index contributed by atoms with van der Waals surface area (Å²) in [6.45, 7) is 5.52. The summed E-state index contributed by atoms with van der Waals surface area (Å²) < 4.78 is 13.1. The van der Waals surface area contributed by atoms with Gasteiger partial charge in [-0.3, -0.25) is 4.79 Å². The minimum Gasteiger partial charge on any atom is -0.354 e. The van der Waals surface area contributed by atoms with Crippen LogP contribution in [0.15, 0.2) is 54.6 Å². The van der Waals surface area contributed by atoms with Crippen LogP contribution in [0, 0.1) is 25.6 Å². The quantitative estimate of drug-likeness (QED) is 0.681. The third-order valence-electron chi connectivity index (χ3n) is 5.77. The van der Waals surface area contributed by atoms with Gasteiger partial charge in [0.15, 0.2) is 5.82 Å². The van der Waals surface area contributed by atoms with Crippen LogP contribution >= 0.6 is 0 Å². The summed E-state index contributed by atoms with van der Waals surface area (Å²) in [7, 11) is 0. The summed E-state index contributed by atoms with van der Waals surface area (Å²) in [6, 6.07) is 15.9. The molecule has 0 saturated carbocycles. The maximum Gasteiger partial charge on any atom is 0.229 e. The monoisotopic (exact) mass is 404 g/mol. The number of aryl methyl sites for hydroxylation is 1. The van der Waals surface area contributed by atoms with E-state index in [2.05, 4.69) is 20.4 Å². The average molecular weight is 404 g/mol. The minimum atomic E-state index is -0.276. The summed E-state index contributed by atoms with van der Waals surface area (Å²) >= 11 is 0. The predicted molar refractivity (Wildman–Crippen MR) is 117 cm³/mol. The van der Waals surface area contributed by atoms with Crippen LogP contribution in [-0.2, 0) is 4.79 Å². The number of hydrogen-bond donors (Lipinski definition) is 1. The van der Waals surface area contributed by atoms with Gasteiger partial charge in [0.1, 0.15) is 5.82 Å². The van der Waals surface area contributed by atoms with Gasteiger partial charge in [0.25, 0.3) is 0 Å². The van der Waals surface area contributed by atoms with Crippen LogP contribution < -0.4 is 10.2 Å². The average Bonchev–Trinajstić information content (AvgIpc) is 2.78. The van der Waals surface area contributed by atoms with Crippen LogP contribution in [0.2, 0.25) is 0 Å². The Morgan fingerprint density at radius 2 is 1.87 bits per heavy atom. The van der Waals surface area contributed by atoms with Gasteiger partial charge in [-0.2, -0.15) is 0 Å². The molecule has 0 spiro atoms. The molecule has 1 atom stereocenters. The summed E-state index contributed by atoms with van der Waals surface area (Å²) in [6.07, 6.45) is 1.78. The molecule has 0 bridgehead atoms. The largest absolute Gasteiger partial charge is 0.354 e. The fourth-order valence-electron chi connectivity index (χ4n) is 3.79. The molecule has 6 heteroatoms. The Hall–Kier alpha value is -3.28. The van der Waals surface area contributed by atoms with E-state index < -0.39 is 0 Å². The fraction of sp³-hybridized carbons (Fsp3) is 0.292. The number of anilines is 2. The fourth-order valence-corrected chi connectivity index (χ4v) is 3.79. The predicted octanol–water partition coefficient (Wildman–Crippen LogP) is 4.75. The molecule has 30 heavy (non-hydrogen) atoms. The number of benzene rings is 2. The van der Waals surface area contributed by atoms with Crippen molar-refractivity contribution in [3.05, 3.63) is 71.5 Å². The lowest BCUT2D eigenvalue weighted by molar-refractivity contribution is -0.120. The van der Waals surface area contributed by atoms with E-state index in [0.717, 1.165) is 47.6 Å². The first-order valence-electron chi connectivity index (χ1n) is 10.2. The molecule has 5 nitrogen and oxygen atoms in total. The second-order valence-electron chi connectivity index (χ2n) is 7.81. The van der Waals surface area contributed by atoms with E-state index in [4.69, 9.17) is 0 Å². The molecule has 0 aliphatic carbocycles.